The van der Waals surface area contributed by atoms with E-state index in [0.29, 0.717) is 12.8 Å². The molecule has 8 atom stereocenters. The molecule has 1 aliphatic carbocycles. The molecule has 8 unspecified atom stereocenters. The Kier molecular flexibility index (Phi) is 30.6. The van der Waals surface area contributed by atoms with E-state index >= 15 is 0 Å². The van der Waals surface area contributed by atoms with E-state index in [1.165, 1.54) is 103 Å². The van der Waals surface area contributed by atoms with Crippen LogP contribution < -0.4 is 5.32 Å². The highest BCUT2D eigenvalue weighted by atomic mass is 31.2. The molecule has 14 heteroatoms. The highest BCUT2D eigenvalue weighted by molar-refractivity contribution is 7.47. The first-order valence-electron chi connectivity index (χ1n) is 22.1. The van der Waals surface area contributed by atoms with Gasteiger partial charge < -0.3 is 46.0 Å². The van der Waals surface area contributed by atoms with Crippen molar-refractivity contribution in [3.8, 4) is 0 Å². The van der Waals surface area contributed by atoms with Gasteiger partial charge >= 0.3 is 7.82 Å². The van der Waals surface area contributed by atoms with Gasteiger partial charge in [0.15, 0.2) is 0 Å². The normalized spacial score (nSPS) is 24.3. The topological polar surface area (TPSA) is 226 Å². The molecule has 13 nitrogen and oxygen atoms in total. The number of phosphoric ester groups is 1. The van der Waals surface area contributed by atoms with Crippen LogP contribution >= 0.6 is 7.82 Å². The number of aliphatic hydroxyl groups is 7. The van der Waals surface area contributed by atoms with Gasteiger partial charge in [0.1, 0.15) is 36.6 Å². The van der Waals surface area contributed by atoms with E-state index in [0.717, 1.165) is 51.4 Å². The first-order chi connectivity index (χ1) is 26.3. The van der Waals surface area contributed by atoms with Crippen molar-refractivity contribution in [3.05, 3.63) is 0 Å². The zero-order valence-electron chi connectivity index (χ0n) is 34.4. The SMILES string of the molecule is CCCCCCCCCCCCCCCCCCCC(O)CC(=O)NC(COP(=O)(O)OC1C(O)C(O)C(O)C(O)C1O)C(O)CCCCCCCCCC. The Hall–Kier alpha value is -0.700. The van der Waals surface area contributed by atoms with Gasteiger partial charge in [-0.2, -0.15) is 0 Å². The fourth-order valence-electron chi connectivity index (χ4n) is 7.30. The van der Waals surface area contributed by atoms with Crippen LogP contribution in [0, 0.1) is 0 Å². The maximum atomic E-state index is 12.9. The van der Waals surface area contributed by atoms with E-state index in [4.69, 9.17) is 9.05 Å². The minimum absolute atomic E-state index is 0.217. The van der Waals surface area contributed by atoms with Crippen LogP contribution in [0.1, 0.15) is 194 Å². The van der Waals surface area contributed by atoms with Crippen LogP contribution in [-0.2, 0) is 18.4 Å². The van der Waals surface area contributed by atoms with Crippen LogP contribution in [0.4, 0.5) is 0 Å². The molecule has 1 aliphatic rings. The molecule has 1 saturated carbocycles. The second-order valence-corrected chi connectivity index (χ2v) is 17.5. The molecule has 1 amide bonds. The summed E-state index contributed by atoms with van der Waals surface area (Å²) in [4.78, 5) is 23.3. The Morgan fingerprint density at radius 2 is 0.909 bits per heavy atom. The molecule has 0 heterocycles. The van der Waals surface area contributed by atoms with Gasteiger partial charge in [0, 0.05) is 0 Å². The monoisotopic (exact) mass is 812 g/mol. The molecule has 0 aliphatic heterocycles. The van der Waals surface area contributed by atoms with Gasteiger partial charge in [-0.3, -0.25) is 13.8 Å². The van der Waals surface area contributed by atoms with Crippen LogP contribution in [-0.4, -0.2) is 108 Å². The maximum absolute atomic E-state index is 12.9. The molecule has 0 saturated heterocycles. The molecule has 328 valence electrons. The van der Waals surface area contributed by atoms with Crippen molar-refractivity contribution in [2.24, 2.45) is 0 Å². The largest absolute Gasteiger partial charge is 0.472 e. The smallest absolute Gasteiger partial charge is 0.393 e. The summed E-state index contributed by atoms with van der Waals surface area (Å²) >= 11 is 0. The maximum Gasteiger partial charge on any atom is 0.472 e. The van der Waals surface area contributed by atoms with Gasteiger partial charge in [-0.25, -0.2) is 4.57 Å². The minimum Gasteiger partial charge on any atom is -0.393 e. The molecule has 0 aromatic heterocycles. The zero-order chi connectivity index (χ0) is 40.9. The molecule has 9 N–H and O–H groups in total. The molecule has 0 aromatic carbocycles. The Labute approximate surface area is 332 Å². The predicted octanol–water partition coefficient (Wildman–Crippen LogP) is 6.48. The summed E-state index contributed by atoms with van der Waals surface area (Å²) in [6.07, 6.45) is 16.2. The highest BCUT2D eigenvalue weighted by Gasteiger charge is 2.51. The van der Waals surface area contributed by atoms with E-state index in [2.05, 4.69) is 19.2 Å². The molecular formula is C41H82NO12P. The molecule has 1 fully saturated rings. The lowest BCUT2D eigenvalue weighted by molar-refractivity contribution is -0.220. The fourth-order valence-corrected chi connectivity index (χ4v) is 8.27. The van der Waals surface area contributed by atoms with Crippen molar-refractivity contribution >= 4 is 13.7 Å². The number of nitrogens with one attached hydrogen (secondary N) is 1. The van der Waals surface area contributed by atoms with E-state index in [1.54, 1.807) is 0 Å². The molecule has 0 radical (unpaired) electrons. The predicted molar refractivity (Wildman–Crippen MR) is 215 cm³/mol. The van der Waals surface area contributed by atoms with Gasteiger partial charge in [0.2, 0.25) is 5.91 Å². The Morgan fingerprint density at radius 3 is 1.31 bits per heavy atom. The number of aliphatic hydroxyl groups excluding tert-OH is 7. The lowest BCUT2D eigenvalue weighted by Crippen LogP contribution is -2.64. The van der Waals surface area contributed by atoms with Crippen LogP contribution in [0.5, 0.6) is 0 Å². The van der Waals surface area contributed by atoms with Crippen molar-refractivity contribution in [1.29, 1.82) is 0 Å². The summed E-state index contributed by atoms with van der Waals surface area (Å²) in [5.74, 6) is -0.560. The van der Waals surface area contributed by atoms with Gasteiger partial charge in [-0.15, -0.1) is 0 Å². The molecule has 55 heavy (non-hydrogen) atoms. The van der Waals surface area contributed by atoms with Crippen molar-refractivity contribution in [2.75, 3.05) is 6.61 Å². The van der Waals surface area contributed by atoms with Crippen molar-refractivity contribution in [1.82, 2.24) is 5.32 Å². The number of hydrogen-bond acceptors (Lipinski definition) is 11. The first kappa shape index (κ1) is 52.3. The molecule has 0 bridgehead atoms. The van der Waals surface area contributed by atoms with E-state index < -0.39 is 75.2 Å². The minimum atomic E-state index is -5.10. The molecular weight excluding hydrogens is 729 g/mol. The number of unbranched alkanes of at least 4 members (excludes halogenated alkanes) is 23. The summed E-state index contributed by atoms with van der Waals surface area (Å²) in [5, 5.41) is 74.3. The van der Waals surface area contributed by atoms with Crippen molar-refractivity contribution in [2.45, 2.75) is 249 Å². The summed E-state index contributed by atoms with van der Waals surface area (Å²) in [5.41, 5.74) is 0. The molecule has 1 rings (SSSR count). The Bertz CT molecular complexity index is 964. The summed E-state index contributed by atoms with van der Waals surface area (Å²) in [6, 6.07) is -1.15. The van der Waals surface area contributed by atoms with Crippen LogP contribution in [0.25, 0.3) is 0 Å². The van der Waals surface area contributed by atoms with Crippen LogP contribution in [0.15, 0.2) is 0 Å². The van der Waals surface area contributed by atoms with E-state index in [1.807, 2.05) is 0 Å². The van der Waals surface area contributed by atoms with Gasteiger partial charge in [-0.1, -0.05) is 174 Å². The standard InChI is InChI=1S/C41H82NO12P/c1-3-5-7-9-11-13-14-15-16-17-18-19-20-21-22-24-26-28-32(43)30-35(45)42-33(34(44)29-27-25-23-12-10-8-6-4-2)31-53-55(51,52)54-41-39(49)37(47)36(46)38(48)40(41)50/h32-34,36-41,43-44,46-50H,3-31H2,1-2H3,(H,42,45)(H,51,52). The van der Waals surface area contributed by atoms with E-state index in [-0.39, 0.29) is 12.8 Å². The third-order valence-corrected chi connectivity index (χ3v) is 12.0. The van der Waals surface area contributed by atoms with Crippen LogP contribution in [0.2, 0.25) is 0 Å². The molecule has 0 spiro atoms. The number of carbonyl (C=O) groups excluding carboxylic acids is 1. The quantitative estimate of drug-likeness (QED) is 0.0245. The third kappa shape index (κ3) is 24.7. The number of phosphoric acid groups is 1. The number of carbonyl (C=O) groups is 1. The number of hydrogen-bond donors (Lipinski definition) is 9. The fraction of sp³-hybridized carbons (Fsp3) is 0.976. The summed E-state index contributed by atoms with van der Waals surface area (Å²) < 4.78 is 22.8. The second-order valence-electron chi connectivity index (χ2n) is 16.1. The zero-order valence-corrected chi connectivity index (χ0v) is 35.3. The highest BCUT2D eigenvalue weighted by Crippen LogP contribution is 2.47. The van der Waals surface area contributed by atoms with Gasteiger partial charge in [0.05, 0.1) is 31.3 Å². The van der Waals surface area contributed by atoms with Crippen LogP contribution in [0.3, 0.4) is 0 Å². The first-order valence-corrected chi connectivity index (χ1v) is 23.6. The van der Waals surface area contributed by atoms with Crippen molar-refractivity contribution in [3.63, 3.8) is 0 Å². The summed E-state index contributed by atoms with van der Waals surface area (Å²) in [6.45, 7) is 3.73. The average molecular weight is 812 g/mol. The third-order valence-electron chi connectivity index (χ3n) is 11.0. The number of rotatable bonds is 36. The van der Waals surface area contributed by atoms with Crippen molar-refractivity contribution < 1.29 is 59.0 Å². The average Bonchev–Trinajstić information content (AvgIpc) is 3.15. The summed E-state index contributed by atoms with van der Waals surface area (Å²) in [7, 11) is -5.10. The van der Waals surface area contributed by atoms with Gasteiger partial charge in [-0.05, 0) is 12.8 Å². The number of amides is 1. The van der Waals surface area contributed by atoms with E-state index in [9.17, 15) is 50.0 Å². The molecule has 0 aromatic rings. The Morgan fingerprint density at radius 1 is 0.564 bits per heavy atom. The lowest BCUT2D eigenvalue weighted by Gasteiger charge is -2.41. The van der Waals surface area contributed by atoms with Gasteiger partial charge in [0.25, 0.3) is 0 Å². The lowest BCUT2D eigenvalue weighted by atomic mass is 9.85. The Balaban J connectivity index is 2.46. The second kappa shape index (κ2) is 32.2.